The molecule has 0 atom stereocenters. The van der Waals surface area contributed by atoms with Crippen molar-refractivity contribution in [2.75, 3.05) is 13.2 Å². The van der Waals surface area contributed by atoms with Crippen LogP contribution in [-0.2, 0) is 26.1 Å². The van der Waals surface area contributed by atoms with Gasteiger partial charge in [-0.3, -0.25) is 9.59 Å². The minimum Gasteiger partial charge on any atom is -0.456 e. The van der Waals surface area contributed by atoms with Gasteiger partial charge in [-0.25, -0.2) is 12.8 Å². The van der Waals surface area contributed by atoms with Gasteiger partial charge in [0.15, 0.2) is 6.61 Å². The number of sulfonamides is 1. The number of nitrogens with one attached hydrogen (secondary N) is 1. The third kappa shape index (κ3) is 4.81. The molecule has 0 bridgehead atoms. The molecule has 0 spiro atoms. The highest BCUT2D eigenvalue weighted by Gasteiger charge is 2.21. The average Bonchev–Trinajstić information content (AvgIpc) is 2.92. The molecule has 2 rings (SSSR count). The molecular weight excluding hydrogens is 375 g/mol. The minimum absolute atomic E-state index is 0.381. The van der Waals surface area contributed by atoms with Crippen molar-refractivity contribution in [3.8, 4) is 0 Å². The molecule has 0 aliphatic heterocycles. The van der Waals surface area contributed by atoms with Crippen LogP contribution >= 0.6 is 0 Å². The summed E-state index contributed by atoms with van der Waals surface area (Å²) in [5, 5.41) is 0. The number of ether oxygens (including phenoxy) is 1. The Hall–Kier alpha value is -2.52. The largest absolute Gasteiger partial charge is 0.456 e. The Morgan fingerprint density at radius 3 is 2.48 bits per heavy atom. The van der Waals surface area contributed by atoms with Crippen molar-refractivity contribution in [3.05, 3.63) is 53.1 Å². The van der Waals surface area contributed by atoms with Crippen molar-refractivity contribution < 1.29 is 27.1 Å². The lowest BCUT2D eigenvalue weighted by molar-refractivity contribution is -0.141. The van der Waals surface area contributed by atoms with E-state index in [2.05, 4.69) is 0 Å². The predicted molar refractivity (Wildman–Crippen MR) is 96.5 cm³/mol. The molecule has 0 saturated heterocycles. The van der Waals surface area contributed by atoms with Crippen LogP contribution in [0, 0.1) is 19.7 Å². The zero-order valence-corrected chi connectivity index (χ0v) is 16.1. The summed E-state index contributed by atoms with van der Waals surface area (Å²) in [6, 6.07) is 6.51. The van der Waals surface area contributed by atoms with Gasteiger partial charge in [-0.2, -0.15) is 4.72 Å². The molecule has 0 unspecified atom stereocenters. The van der Waals surface area contributed by atoms with Crippen molar-refractivity contribution >= 4 is 21.8 Å². The Morgan fingerprint density at radius 1 is 1.22 bits per heavy atom. The molecule has 7 nitrogen and oxygen atoms in total. The second-order valence-electron chi connectivity index (χ2n) is 5.87. The number of aromatic nitrogens is 1. The van der Waals surface area contributed by atoms with Crippen LogP contribution < -0.4 is 4.72 Å². The van der Waals surface area contributed by atoms with Gasteiger partial charge in [-0.05, 0) is 39.0 Å². The lowest BCUT2D eigenvalue weighted by Gasteiger charge is -2.08. The number of nitrogens with zero attached hydrogens (tertiary/aromatic N) is 1. The number of aryl methyl sites for hydroxylation is 1. The normalized spacial score (nSPS) is 11.4. The molecule has 146 valence electrons. The summed E-state index contributed by atoms with van der Waals surface area (Å²) < 4.78 is 46.3. The van der Waals surface area contributed by atoms with Crippen LogP contribution in [0.1, 0.15) is 28.7 Å². The van der Waals surface area contributed by atoms with Crippen LogP contribution in [0.5, 0.6) is 0 Å². The quantitative estimate of drug-likeness (QED) is 0.544. The first-order chi connectivity index (χ1) is 12.7. The Kier molecular flexibility index (Phi) is 6.50. The Labute approximate surface area is 157 Å². The standard InChI is InChI=1S/C18H21FN2O5S/c1-4-21-12(2)9-14(13(21)3)16(22)11-26-18(23)10-20-27(24,25)17-8-6-5-7-15(17)19/h5-9,20H,4,10-11H2,1-3H3. The van der Waals surface area contributed by atoms with Crippen LogP contribution in [0.4, 0.5) is 4.39 Å². The summed E-state index contributed by atoms with van der Waals surface area (Å²) in [6.07, 6.45) is 0. The molecule has 1 aromatic heterocycles. The van der Waals surface area contributed by atoms with Crippen LogP contribution in [0.3, 0.4) is 0 Å². The monoisotopic (exact) mass is 396 g/mol. The van der Waals surface area contributed by atoms with Crippen LogP contribution in [-0.4, -0.2) is 37.9 Å². The highest BCUT2D eigenvalue weighted by atomic mass is 32.2. The molecule has 0 radical (unpaired) electrons. The second kappa shape index (κ2) is 8.45. The third-order valence-electron chi connectivity index (χ3n) is 4.09. The van der Waals surface area contributed by atoms with Gasteiger partial charge in [-0.15, -0.1) is 0 Å². The number of benzene rings is 1. The summed E-state index contributed by atoms with van der Waals surface area (Å²) in [5.74, 6) is -2.25. The fourth-order valence-electron chi connectivity index (χ4n) is 2.74. The summed E-state index contributed by atoms with van der Waals surface area (Å²) in [6.45, 7) is 5.12. The molecule has 27 heavy (non-hydrogen) atoms. The lowest BCUT2D eigenvalue weighted by atomic mass is 10.1. The zero-order valence-electron chi connectivity index (χ0n) is 15.3. The Bertz CT molecular complexity index is 966. The maximum atomic E-state index is 13.6. The Balaban J connectivity index is 1.93. The third-order valence-corrected chi connectivity index (χ3v) is 5.52. The predicted octanol–water partition coefficient (Wildman–Crippen LogP) is 1.97. The van der Waals surface area contributed by atoms with E-state index in [9.17, 15) is 22.4 Å². The van der Waals surface area contributed by atoms with Gasteiger partial charge in [-0.1, -0.05) is 12.1 Å². The fourth-order valence-corrected chi connectivity index (χ4v) is 3.79. The molecule has 1 N–H and O–H groups in total. The van der Waals surface area contributed by atoms with E-state index in [1.807, 2.05) is 23.1 Å². The molecule has 0 amide bonds. The minimum atomic E-state index is -4.20. The van der Waals surface area contributed by atoms with Crippen molar-refractivity contribution in [2.24, 2.45) is 0 Å². The van der Waals surface area contributed by atoms with E-state index < -0.39 is 39.9 Å². The van der Waals surface area contributed by atoms with Crippen molar-refractivity contribution in [1.82, 2.24) is 9.29 Å². The van der Waals surface area contributed by atoms with Crippen LogP contribution in [0.2, 0.25) is 0 Å². The molecule has 0 saturated carbocycles. The molecule has 1 heterocycles. The number of carbonyl (C=O) groups excluding carboxylic acids is 2. The highest BCUT2D eigenvalue weighted by Crippen LogP contribution is 2.16. The first-order valence-electron chi connectivity index (χ1n) is 8.27. The fraction of sp³-hybridized carbons (Fsp3) is 0.333. The van der Waals surface area contributed by atoms with E-state index >= 15 is 0 Å². The average molecular weight is 396 g/mol. The number of halogens is 1. The molecule has 1 aromatic carbocycles. The van der Waals surface area contributed by atoms with Crippen molar-refractivity contribution in [3.63, 3.8) is 0 Å². The lowest BCUT2D eigenvalue weighted by Crippen LogP contribution is -2.32. The summed E-state index contributed by atoms with van der Waals surface area (Å²) in [7, 11) is -4.20. The highest BCUT2D eigenvalue weighted by molar-refractivity contribution is 7.89. The summed E-state index contributed by atoms with van der Waals surface area (Å²) >= 11 is 0. The number of esters is 1. The van der Waals surface area contributed by atoms with Gasteiger partial charge in [0.25, 0.3) is 0 Å². The van der Waals surface area contributed by atoms with Crippen LogP contribution in [0.15, 0.2) is 35.2 Å². The van der Waals surface area contributed by atoms with Gasteiger partial charge in [0.1, 0.15) is 17.3 Å². The second-order valence-corrected chi connectivity index (χ2v) is 7.60. The molecule has 0 aliphatic carbocycles. The van der Waals surface area contributed by atoms with E-state index in [4.69, 9.17) is 4.74 Å². The van der Waals surface area contributed by atoms with E-state index in [0.29, 0.717) is 12.1 Å². The SMILES string of the molecule is CCn1c(C)cc(C(=O)COC(=O)CNS(=O)(=O)c2ccccc2F)c1C. The number of carbonyl (C=O) groups is 2. The first kappa shape index (κ1) is 20.8. The maximum Gasteiger partial charge on any atom is 0.321 e. The number of ketones is 1. The van der Waals surface area contributed by atoms with Gasteiger partial charge in [0, 0.05) is 23.5 Å². The molecular formula is C18H21FN2O5S. The zero-order chi connectivity index (χ0) is 20.2. The molecule has 0 fully saturated rings. The number of hydrogen-bond acceptors (Lipinski definition) is 5. The van der Waals surface area contributed by atoms with Gasteiger partial charge >= 0.3 is 5.97 Å². The number of rotatable bonds is 8. The summed E-state index contributed by atoms with van der Waals surface area (Å²) in [4.78, 5) is 23.4. The van der Waals surface area contributed by atoms with Crippen molar-refractivity contribution in [1.29, 1.82) is 0 Å². The number of Topliss-reactive ketones (excluding diaryl/α,β-unsaturated/α-hetero) is 1. The van der Waals surface area contributed by atoms with Gasteiger partial charge < -0.3 is 9.30 Å². The number of hydrogen-bond donors (Lipinski definition) is 1. The molecule has 0 aliphatic rings. The van der Waals surface area contributed by atoms with E-state index in [1.165, 1.54) is 12.1 Å². The van der Waals surface area contributed by atoms with E-state index in [1.54, 1.807) is 13.0 Å². The van der Waals surface area contributed by atoms with Crippen molar-refractivity contribution in [2.45, 2.75) is 32.2 Å². The van der Waals surface area contributed by atoms with Crippen LogP contribution in [0.25, 0.3) is 0 Å². The van der Waals surface area contributed by atoms with Gasteiger partial charge in [0.05, 0.1) is 0 Å². The van der Waals surface area contributed by atoms with E-state index in [-0.39, 0.29) is 5.78 Å². The van der Waals surface area contributed by atoms with E-state index in [0.717, 1.165) is 23.5 Å². The maximum absolute atomic E-state index is 13.6. The molecule has 2 aromatic rings. The van der Waals surface area contributed by atoms with Gasteiger partial charge in [0.2, 0.25) is 15.8 Å². The smallest absolute Gasteiger partial charge is 0.321 e. The Morgan fingerprint density at radius 2 is 1.89 bits per heavy atom. The summed E-state index contributed by atoms with van der Waals surface area (Å²) in [5.41, 5.74) is 2.15. The topological polar surface area (TPSA) is 94.5 Å². The first-order valence-corrected chi connectivity index (χ1v) is 9.75. The molecule has 9 heteroatoms.